The highest BCUT2D eigenvalue weighted by Gasteiger charge is 2.36. The number of sulfonamides is 1. The molecule has 3 rings (SSSR count). The molecule has 1 fully saturated rings. The molecule has 0 unspecified atom stereocenters. The van der Waals surface area contributed by atoms with Gasteiger partial charge in [-0.15, -0.1) is 0 Å². The largest absolute Gasteiger partial charge is 0.497 e. The number of carbonyl (C=O) groups excluding carboxylic acids is 1. The summed E-state index contributed by atoms with van der Waals surface area (Å²) >= 11 is 0. The summed E-state index contributed by atoms with van der Waals surface area (Å²) in [4.78, 5) is 12.7. The fourth-order valence-electron chi connectivity index (χ4n) is 3.93. The van der Waals surface area contributed by atoms with E-state index in [1.807, 2.05) is 18.2 Å². The van der Waals surface area contributed by atoms with E-state index in [0.717, 1.165) is 25.7 Å². The van der Waals surface area contributed by atoms with Gasteiger partial charge in [-0.3, -0.25) is 4.79 Å². The van der Waals surface area contributed by atoms with Crippen molar-refractivity contribution in [1.29, 1.82) is 0 Å². The lowest BCUT2D eigenvalue weighted by Gasteiger charge is -2.30. The van der Waals surface area contributed by atoms with Crippen LogP contribution in [0.2, 0.25) is 0 Å². The van der Waals surface area contributed by atoms with Gasteiger partial charge < -0.3 is 10.1 Å². The third-order valence-corrected chi connectivity index (χ3v) is 7.20. The van der Waals surface area contributed by atoms with Gasteiger partial charge in [-0.25, -0.2) is 8.42 Å². The molecular weight excluding hydrogens is 388 g/mol. The zero-order valence-corrected chi connectivity index (χ0v) is 17.7. The Balaban J connectivity index is 1.64. The van der Waals surface area contributed by atoms with E-state index in [9.17, 15) is 13.2 Å². The minimum absolute atomic E-state index is 0.0779. The molecule has 0 heterocycles. The van der Waals surface area contributed by atoms with Crippen molar-refractivity contribution in [2.75, 3.05) is 13.7 Å². The Morgan fingerprint density at radius 1 is 1.07 bits per heavy atom. The van der Waals surface area contributed by atoms with E-state index in [2.05, 4.69) is 22.2 Å². The molecule has 0 bridgehead atoms. The SMILES string of the molecule is COc1ccc(S(=O)(=O)N[C@@H](C)C(=O)NCC2(c3ccccc3)CCCC2)cc1. The normalized spacial score (nSPS) is 16.9. The van der Waals surface area contributed by atoms with Gasteiger partial charge in [0.2, 0.25) is 15.9 Å². The van der Waals surface area contributed by atoms with Crippen molar-refractivity contribution in [1.82, 2.24) is 10.0 Å². The average molecular weight is 417 g/mol. The number of amides is 1. The first kappa shape index (κ1) is 21.3. The van der Waals surface area contributed by atoms with Gasteiger partial charge >= 0.3 is 0 Å². The van der Waals surface area contributed by atoms with Crippen molar-refractivity contribution in [3.8, 4) is 5.75 Å². The lowest BCUT2D eigenvalue weighted by molar-refractivity contribution is -0.122. The number of carbonyl (C=O) groups is 1. The van der Waals surface area contributed by atoms with Crippen molar-refractivity contribution in [2.45, 2.75) is 49.0 Å². The molecule has 1 saturated carbocycles. The maximum Gasteiger partial charge on any atom is 0.241 e. The summed E-state index contributed by atoms with van der Waals surface area (Å²) in [6, 6.07) is 15.4. The monoisotopic (exact) mass is 416 g/mol. The Morgan fingerprint density at radius 3 is 2.28 bits per heavy atom. The van der Waals surface area contributed by atoms with Gasteiger partial charge in [-0.1, -0.05) is 43.2 Å². The number of nitrogens with one attached hydrogen (secondary N) is 2. The molecule has 0 spiro atoms. The fourth-order valence-corrected chi connectivity index (χ4v) is 5.13. The van der Waals surface area contributed by atoms with Crippen LogP contribution in [-0.2, 0) is 20.2 Å². The van der Waals surface area contributed by atoms with Crippen LogP contribution in [0.1, 0.15) is 38.2 Å². The van der Waals surface area contributed by atoms with Gasteiger partial charge in [0.1, 0.15) is 5.75 Å². The van der Waals surface area contributed by atoms with Gasteiger partial charge in [0, 0.05) is 12.0 Å². The van der Waals surface area contributed by atoms with E-state index in [0.29, 0.717) is 12.3 Å². The third kappa shape index (κ3) is 4.97. The Hall–Kier alpha value is -2.38. The van der Waals surface area contributed by atoms with Crippen molar-refractivity contribution in [3.05, 3.63) is 60.2 Å². The lowest BCUT2D eigenvalue weighted by atomic mass is 9.79. The summed E-state index contributed by atoms with van der Waals surface area (Å²) in [5.41, 5.74) is 1.15. The van der Waals surface area contributed by atoms with Crippen LogP contribution < -0.4 is 14.8 Å². The van der Waals surface area contributed by atoms with Crippen molar-refractivity contribution in [3.63, 3.8) is 0 Å². The Bertz CT molecular complexity index is 921. The molecule has 1 atom stereocenters. The smallest absolute Gasteiger partial charge is 0.241 e. The van der Waals surface area contributed by atoms with E-state index in [1.54, 1.807) is 19.1 Å². The predicted octanol–water partition coefficient (Wildman–Crippen LogP) is 2.99. The topological polar surface area (TPSA) is 84.5 Å². The maximum absolute atomic E-state index is 12.6. The summed E-state index contributed by atoms with van der Waals surface area (Å²) in [6.45, 7) is 2.06. The molecule has 1 amide bonds. The lowest BCUT2D eigenvalue weighted by Crippen LogP contribution is -2.48. The zero-order chi connectivity index (χ0) is 20.9. The fraction of sp³-hybridized carbons (Fsp3) is 0.409. The second-order valence-electron chi connectivity index (χ2n) is 7.59. The number of methoxy groups -OCH3 is 1. The van der Waals surface area contributed by atoms with Gasteiger partial charge in [0.25, 0.3) is 0 Å². The minimum atomic E-state index is -3.80. The van der Waals surface area contributed by atoms with E-state index < -0.39 is 16.1 Å². The summed E-state index contributed by atoms with van der Waals surface area (Å²) in [5, 5.41) is 2.97. The molecule has 0 radical (unpaired) electrons. The van der Waals surface area contributed by atoms with Gasteiger partial charge in [0.05, 0.1) is 18.0 Å². The van der Waals surface area contributed by atoms with Crippen LogP contribution >= 0.6 is 0 Å². The van der Waals surface area contributed by atoms with Crippen molar-refractivity contribution < 1.29 is 17.9 Å². The molecule has 0 saturated heterocycles. The van der Waals surface area contributed by atoms with Crippen LogP contribution in [0.15, 0.2) is 59.5 Å². The standard InChI is InChI=1S/C22H28N2O4S/c1-17(24-29(26,27)20-12-10-19(28-2)11-13-20)21(25)23-16-22(14-6-7-15-22)18-8-4-3-5-9-18/h3-5,8-13,17,24H,6-7,14-16H2,1-2H3,(H,23,25)/t17-/m0/s1. The second kappa shape index (κ2) is 8.97. The minimum Gasteiger partial charge on any atom is -0.497 e. The van der Waals surface area contributed by atoms with Gasteiger partial charge in [-0.2, -0.15) is 4.72 Å². The quantitative estimate of drug-likeness (QED) is 0.693. The van der Waals surface area contributed by atoms with Crippen molar-refractivity contribution in [2.24, 2.45) is 0 Å². The summed E-state index contributed by atoms with van der Waals surface area (Å²) in [6.07, 6.45) is 4.29. The number of rotatable bonds is 8. The Kier molecular flexibility index (Phi) is 6.59. The molecule has 1 aliphatic carbocycles. The molecule has 1 aliphatic rings. The van der Waals surface area contributed by atoms with E-state index in [1.165, 1.54) is 24.8 Å². The van der Waals surface area contributed by atoms with Gasteiger partial charge in [-0.05, 0) is 49.6 Å². The Labute approximate surface area is 172 Å². The van der Waals surface area contributed by atoms with E-state index in [4.69, 9.17) is 4.74 Å². The first-order valence-corrected chi connectivity index (χ1v) is 11.3. The van der Waals surface area contributed by atoms with Crippen LogP contribution in [0, 0.1) is 0 Å². The van der Waals surface area contributed by atoms with Gasteiger partial charge in [0.15, 0.2) is 0 Å². The molecule has 6 nitrogen and oxygen atoms in total. The number of benzene rings is 2. The molecule has 2 aromatic rings. The molecule has 2 N–H and O–H groups in total. The number of hydrogen-bond acceptors (Lipinski definition) is 4. The van der Waals surface area contributed by atoms with Crippen LogP contribution in [0.3, 0.4) is 0 Å². The molecule has 2 aromatic carbocycles. The summed E-state index contributed by atoms with van der Waals surface area (Å²) in [5.74, 6) is 0.238. The third-order valence-electron chi connectivity index (χ3n) is 5.64. The molecule has 0 aliphatic heterocycles. The molecular formula is C22H28N2O4S. The molecule has 29 heavy (non-hydrogen) atoms. The predicted molar refractivity (Wildman–Crippen MR) is 112 cm³/mol. The molecule has 0 aromatic heterocycles. The highest BCUT2D eigenvalue weighted by Crippen LogP contribution is 2.40. The average Bonchev–Trinajstić information content (AvgIpc) is 3.22. The van der Waals surface area contributed by atoms with Crippen LogP contribution in [-0.4, -0.2) is 34.0 Å². The van der Waals surface area contributed by atoms with Crippen molar-refractivity contribution >= 4 is 15.9 Å². The highest BCUT2D eigenvalue weighted by molar-refractivity contribution is 7.89. The number of hydrogen-bond donors (Lipinski definition) is 2. The summed E-state index contributed by atoms with van der Waals surface area (Å²) in [7, 11) is -2.29. The van der Waals surface area contributed by atoms with Crippen LogP contribution in [0.5, 0.6) is 5.75 Å². The van der Waals surface area contributed by atoms with E-state index >= 15 is 0 Å². The van der Waals surface area contributed by atoms with Crippen LogP contribution in [0.25, 0.3) is 0 Å². The highest BCUT2D eigenvalue weighted by atomic mass is 32.2. The summed E-state index contributed by atoms with van der Waals surface area (Å²) < 4.78 is 32.6. The maximum atomic E-state index is 12.6. The number of ether oxygens (including phenoxy) is 1. The first-order valence-electron chi connectivity index (χ1n) is 9.86. The van der Waals surface area contributed by atoms with E-state index in [-0.39, 0.29) is 16.2 Å². The second-order valence-corrected chi connectivity index (χ2v) is 9.30. The molecule has 156 valence electrons. The zero-order valence-electron chi connectivity index (χ0n) is 16.9. The Morgan fingerprint density at radius 2 is 1.69 bits per heavy atom. The molecule has 7 heteroatoms. The van der Waals surface area contributed by atoms with Crippen LogP contribution in [0.4, 0.5) is 0 Å². The first-order chi connectivity index (χ1) is 13.9.